The second kappa shape index (κ2) is 9.63. The molecule has 0 aromatic carbocycles. The van der Waals surface area contributed by atoms with Crippen LogP contribution in [0.25, 0.3) is 0 Å². The molecule has 1 aliphatic rings. The molecule has 2 aromatic rings. The van der Waals surface area contributed by atoms with Crippen LogP contribution in [-0.4, -0.2) is 64.4 Å². The number of anilines is 1. The van der Waals surface area contributed by atoms with Gasteiger partial charge in [-0.25, -0.2) is 4.98 Å². The van der Waals surface area contributed by atoms with Crippen LogP contribution in [-0.2, 0) is 9.59 Å². The smallest absolute Gasteiger partial charge is 0.304 e. The van der Waals surface area contributed by atoms with Gasteiger partial charge in [0.05, 0.1) is 30.8 Å². The number of hydrogen-bond acceptors (Lipinski definition) is 7. The number of nitrogens with zero attached hydrogens (tertiary/aromatic N) is 3. The van der Waals surface area contributed by atoms with Crippen molar-refractivity contribution >= 4 is 45.6 Å². The van der Waals surface area contributed by atoms with Crippen molar-refractivity contribution in [1.29, 1.82) is 0 Å². The molecule has 162 valence electrons. The van der Waals surface area contributed by atoms with Crippen LogP contribution in [0.15, 0.2) is 12.3 Å². The summed E-state index contributed by atoms with van der Waals surface area (Å²) in [6, 6.07) is 1.69. The first-order valence-corrected chi connectivity index (χ1v) is 11.1. The Morgan fingerprint density at radius 2 is 2.17 bits per heavy atom. The average molecular weight is 455 g/mol. The first-order chi connectivity index (χ1) is 14.2. The van der Waals surface area contributed by atoms with Crippen LogP contribution in [0.3, 0.4) is 0 Å². The van der Waals surface area contributed by atoms with Crippen LogP contribution in [0.2, 0.25) is 0 Å². The number of carboxylic acids is 1. The van der Waals surface area contributed by atoms with E-state index in [4.69, 9.17) is 5.11 Å². The minimum absolute atomic E-state index is 0.0151. The van der Waals surface area contributed by atoms with E-state index >= 15 is 0 Å². The highest BCUT2D eigenvalue weighted by molar-refractivity contribution is 7.14. The van der Waals surface area contributed by atoms with Gasteiger partial charge in [-0.2, -0.15) is 4.39 Å². The Bertz CT molecular complexity index is 945. The van der Waals surface area contributed by atoms with E-state index in [0.29, 0.717) is 18.7 Å². The summed E-state index contributed by atoms with van der Waals surface area (Å²) in [5, 5.41) is 11.1. The number of thiazole rings is 1. The van der Waals surface area contributed by atoms with Crippen molar-refractivity contribution in [3.63, 3.8) is 0 Å². The molecule has 1 saturated heterocycles. The minimum Gasteiger partial charge on any atom is -0.481 e. The number of aliphatic carboxylic acids is 1. The number of amides is 2. The Morgan fingerprint density at radius 1 is 1.40 bits per heavy atom. The number of aryl methyl sites for hydroxylation is 1. The van der Waals surface area contributed by atoms with Crippen LogP contribution in [0.5, 0.6) is 0 Å². The molecule has 0 bridgehead atoms. The van der Waals surface area contributed by atoms with Gasteiger partial charge in [0.2, 0.25) is 5.91 Å². The summed E-state index contributed by atoms with van der Waals surface area (Å²) in [5.74, 6) is -1.30. The van der Waals surface area contributed by atoms with E-state index in [9.17, 15) is 18.8 Å². The molecule has 0 unspecified atom stereocenters. The van der Waals surface area contributed by atoms with Gasteiger partial charge in [-0.05, 0) is 32.9 Å². The summed E-state index contributed by atoms with van der Waals surface area (Å²) in [6.07, 6.45) is 2.72. The van der Waals surface area contributed by atoms with E-state index in [1.165, 1.54) is 11.3 Å². The Labute approximate surface area is 181 Å². The van der Waals surface area contributed by atoms with Crippen molar-refractivity contribution in [3.05, 3.63) is 32.7 Å². The highest BCUT2D eigenvalue weighted by atomic mass is 32.1. The molecule has 0 spiro atoms. The third-order valence-corrected chi connectivity index (χ3v) is 6.75. The molecular formula is C19H23FN4O4S2. The van der Waals surface area contributed by atoms with E-state index in [1.54, 1.807) is 22.9 Å². The van der Waals surface area contributed by atoms with Crippen molar-refractivity contribution in [3.8, 4) is 0 Å². The van der Waals surface area contributed by atoms with Gasteiger partial charge < -0.3 is 10.0 Å². The number of thiophene rings is 1. The Kier molecular flexibility index (Phi) is 7.16. The monoisotopic (exact) mass is 454 g/mol. The fraction of sp³-hybridized carbons (Fsp3) is 0.474. The fourth-order valence-electron chi connectivity index (χ4n) is 3.42. The molecule has 11 heteroatoms. The molecule has 3 heterocycles. The highest BCUT2D eigenvalue weighted by Crippen LogP contribution is 2.37. The Morgan fingerprint density at radius 3 is 2.83 bits per heavy atom. The van der Waals surface area contributed by atoms with Gasteiger partial charge in [-0.1, -0.05) is 11.3 Å². The van der Waals surface area contributed by atoms with Gasteiger partial charge in [0.25, 0.3) is 5.91 Å². The molecule has 0 saturated carbocycles. The first-order valence-electron chi connectivity index (χ1n) is 9.47. The first kappa shape index (κ1) is 22.3. The predicted octanol–water partition coefficient (Wildman–Crippen LogP) is 2.97. The number of aromatic nitrogens is 1. The summed E-state index contributed by atoms with van der Waals surface area (Å²) >= 11 is 2.24. The van der Waals surface area contributed by atoms with E-state index in [1.807, 2.05) is 6.92 Å². The lowest BCUT2D eigenvalue weighted by Gasteiger charge is -2.26. The predicted molar refractivity (Wildman–Crippen MR) is 113 cm³/mol. The maximum Gasteiger partial charge on any atom is 0.304 e. The van der Waals surface area contributed by atoms with Crippen LogP contribution in [0.1, 0.15) is 45.4 Å². The van der Waals surface area contributed by atoms with E-state index < -0.39 is 11.1 Å². The average Bonchev–Trinajstić information content (AvgIpc) is 3.39. The number of carboxylic acid groups (broad SMARTS) is 1. The van der Waals surface area contributed by atoms with Crippen molar-refractivity contribution in [2.45, 2.75) is 32.2 Å². The zero-order chi connectivity index (χ0) is 21.8. The second-order valence-electron chi connectivity index (χ2n) is 7.17. The molecule has 2 N–H and O–H groups in total. The number of hydrogen-bond donors (Lipinski definition) is 2. The largest absolute Gasteiger partial charge is 0.481 e. The van der Waals surface area contributed by atoms with E-state index in [0.717, 1.165) is 40.1 Å². The number of nitrogens with one attached hydrogen (secondary N) is 1. The molecule has 1 atom stereocenters. The van der Waals surface area contributed by atoms with Gasteiger partial charge in [0.1, 0.15) is 0 Å². The molecule has 2 aromatic heterocycles. The summed E-state index contributed by atoms with van der Waals surface area (Å²) in [5.41, 5.74) is 0.489. The van der Waals surface area contributed by atoms with Crippen LogP contribution in [0, 0.1) is 12.1 Å². The molecule has 0 radical (unpaired) electrons. The van der Waals surface area contributed by atoms with Gasteiger partial charge in [-0.15, -0.1) is 11.3 Å². The lowest BCUT2D eigenvalue weighted by Crippen LogP contribution is -2.39. The van der Waals surface area contributed by atoms with Crippen molar-refractivity contribution in [2.24, 2.45) is 0 Å². The topological polar surface area (TPSA) is 103 Å². The molecule has 0 aliphatic carbocycles. The van der Waals surface area contributed by atoms with E-state index in [2.05, 4.69) is 10.3 Å². The number of carbonyl (C=O) groups is 3. The van der Waals surface area contributed by atoms with E-state index in [-0.39, 0.29) is 36.0 Å². The molecule has 30 heavy (non-hydrogen) atoms. The Balaban J connectivity index is 1.67. The molecular weight excluding hydrogens is 431 g/mol. The summed E-state index contributed by atoms with van der Waals surface area (Å²) in [4.78, 5) is 45.1. The lowest BCUT2D eigenvalue weighted by molar-refractivity contribution is -0.138. The van der Waals surface area contributed by atoms with Crippen LogP contribution >= 0.6 is 22.7 Å². The molecule has 1 aliphatic heterocycles. The third-order valence-electron chi connectivity index (χ3n) is 4.89. The number of halogens is 1. The van der Waals surface area contributed by atoms with Crippen LogP contribution in [0.4, 0.5) is 9.52 Å². The molecule has 1 fully saturated rings. The summed E-state index contributed by atoms with van der Waals surface area (Å²) in [6.45, 7) is 2.93. The van der Waals surface area contributed by atoms with Gasteiger partial charge >= 0.3 is 5.97 Å². The molecule has 3 rings (SSSR count). The summed E-state index contributed by atoms with van der Waals surface area (Å²) in [7, 11) is 1.73. The zero-order valence-corrected chi connectivity index (χ0v) is 18.3. The minimum atomic E-state index is -0.895. The number of rotatable bonds is 8. The van der Waals surface area contributed by atoms with Crippen molar-refractivity contribution in [1.82, 2.24) is 14.8 Å². The fourth-order valence-corrected chi connectivity index (χ4v) is 5.13. The quantitative estimate of drug-likeness (QED) is 0.636. The molecule has 8 nitrogen and oxygen atoms in total. The standard InChI is InChI=1S/C19H23FN4O4S2/c1-11-12(18(28)22-19-21-9-15(20)30-19)8-14(29-11)13-4-3-6-24(13)16(25)10-23(2)7-5-17(26)27/h8-9,13H,3-7,10H2,1-2H3,(H,26,27)(H,21,22,28)/t13-/m0/s1. The maximum absolute atomic E-state index is 13.1. The lowest BCUT2D eigenvalue weighted by atomic mass is 10.1. The SMILES string of the molecule is Cc1sc([C@@H]2CCCN2C(=O)CN(C)CCC(=O)O)cc1C(=O)Nc1ncc(F)s1. The maximum atomic E-state index is 13.1. The number of likely N-dealkylation sites (N-methyl/N-ethyl adjacent to an activating group) is 1. The van der Waals surface area contributed by atoms with Gasteiger partial charge in [0, 0.05) is 22.8 Å². The van der Waals surface area contributed by atoms with Gasteiger partial charge in [-0.3, -0.25) is 24.6 Å². The normalized spacial score (nSPS) is 16.3. The summed E-state index contributed by atoms with van der Waals surface area (Å²) < 4.78 is 13.1. The van der Waals surface area contributed by atoms with Crippen molar-refractivity contribution < 1.29 is 23.9 Å². The van der Waals surface area contributed by atoms with Gasteiger partial charge in [0.15, 0.2) is 10.3 Å². The second-order valence-corrected chi connectivity index (χ2v) is 9.44. The van der Waals surface area contributed by atoms with Crippen molar-refractivity contribution in [2.75, 3.05) is 32.0 Å². The zero-order valence-electron chi connectivity index (χ0n) is 16.7. The Hall–Kier alpha value is -2.37. The number of likely N-dealkylation sites (tertiary alicyclic amines) is 1. The van der Waals surface area contributed by atoms with Crippen LogP contribution < -0.4 is 5.32 Å². The number of carbonyl (C=O) groups excluding carboxylic acids is 2. The highest BCUT2D eigenvalue weighted by Gasteiger charge is 2.32. The molecule has 2 amide bonds. The third kappa shape index (κ3) is 5.41.